The van der Waals surface area contributed by atoms with Crippen molar-refractivity contribution < 1.29 is 13.5 Å². The molecule has 108 valence electrons. The van der Waals surface area contributed by atoms with Crippen molar-refractivity contribution in [3.05, 3.63) is 24.3 Å². The summed E-state index contributed by atoms with van der Waals surface area (Å²) in [6, 6.07) is 6.96. The monoisotopic (exact) mass is 285 g/mol. The highest BCUT2D eigenvalue weighted by atomic mass is 32.2. The van der Waals surface area contributed by atoms with Crippen molar-refractivity contribution in [1.29, 1.82) is 0 Å². The van der Waals surface area contributed by atoms with Crippen molar-refractivity contribution in [2.45, 2.75) is 38.2 Å². The molecule has 4 nitrogen and oxygen atoms in total. The fourth-order valence-corrected chi connectivity index (χ4v) is 3.08. The quantitative estimate of drug-likeness (QED) is 0.869. The average molecular weight is 285 g/mol. The lowest BCUT2D eigenvalue weighted by molar-refractivity contribution is 0.0875. The largest absolute Gasteiger partial charge is 0.389 e. The Balaban J connectivity index is 3.26. The zero-order valence-electron chi connectivity index (χ0n) is 12.0. The number of benzene rings is 1. The molecule has 0 saturated carbocycles. The molecule has 1 aromatic carbocycles. The van der Waals surface area contributed by atoms with Crippen LogP contribution in [0.2, 0.25) is 0 Å². The van der Waals surface area contributed by atoms with Gasteiger partial charge in [0.2, 0.25) is 0 Å². The lowest BCUT2D eigenvalue weighted by Gasteiger charge is -2.31. The summed E-state index contributed by atoms with van der Waals surface area (Å²) in [6.45, 7) is 8.04. The maximum Gasteiger partial charge on any atom is 0.180 e. The van der Waals surface area contributed by atoms with E-state index in [1.807, 2.05) is 17.9 Å². The fraction of sp³-hybridized carbons (Fsp3) is 0.571. The van der Waals surface area contributed by atoms with Gasteiger partial charge >= 0.3 is 0 Å². The minimum absolute atomic E-state index is 0.0735. The van der Waals surface area contributed by atoms with Gasteiger partial charge in [-0.3, -0.25) is 0 Å². The minimum Gasteiger partial charge on any atom is -0.389 e. The molecule has 0 amide bonds. The second-order valence-corrected chi connectivity index (χ2v) is 7.44. The van der Waals surface area contributed by atoms with E-state index in [1.165, 1.54) is 0 Å². The smallest absolute Gasteiger partial charge is 0.180 e. The maximum atomic E-state index is 12.1. The van der Waals surface area contributed by atoms with Gasteiger partial charge in [-0.15, -0.1) is 0 Å². The number of sulfone groups is 1. The standard InChI is InChI=1S/C14H23NO3S/c1-5-15(11-14(3,4)16)12-9-7-8-10-13(12)19(17,18)6-2/h7-10,16H,5-6,11H2,1-4H3. The Morgan fingerprint density at radius 1 is 1.21 bits per heavy atom. The number of rotatable bonds is 6. The maximum absolute atomic E-state index is 12.1. The first-order valence-electron chi connectivity index (χ1n) is 6.50. The lowest BCUT2D eigenvalue weighted by Crippen LogP contribution is -2.39. The molecule has 0 heterocycles. The van der Waals surface area contributed by atoms with Gasteiger partial charge in [0.05, 0.1) is 21.9 Å². The zero-order chi connectivity index (χ0) is 14.7. The third kappa shape index (κ3) is 4.21. The summed E-state index contributed by atoms with van der Waals surface area (Å²) in [5.41, 5.74) is -0.215. The van der Waals surface area contributed by atoms with Gasteiger partial charge in [0.15, 0.2) is 9.84 Å². The van der Waals surface area contributed by atoms with Crippen molar-refractivity contribution in [1.82, 2.24) is 0 Å². The third-order valence-corrected chi connectivity index (χ3v) is 4.66. The van der Waals surface area contributed by atoms with Gasteiger partial charge in [0.1, 0.15) is 0 Å². The number of hydrogen-bond acceptors (Lipinski definition) is 4. The van der Waals surface area contributed by atoms with Crippen LogP contribution in [-0.4, -0.2) is 38.0 Å². The summed E-state index contributed by atoms with van der Waals surface area (Å²) in [5.74, 6) is 0.0735. The molecule has 1 N–H and O–H groups in total. The van der Waals surface area contributed by atoms with Gasteiger partial charge in [0.25, 0.3) is 0 Å². The van der Waals surface area contributed by atoms with E-state index in [0.29, 0.717) is 23.7 Å². The average Bonchev–Trinajstić information content (AvgIpc) is 2.35. The molecule has 0 aromatic heterocycles. The predicted molar refractivity (Wildman–Crippen MR) is 78.4 cm³/mol. The normalized spacial score (nSPS) is 12.5. The molecule has 0 aliphatic carbocycles. The lowest BCUT2D eigenvalue weighted by atomic mass is 10.1. The van der Waals surface area contributed by atoms with E-state index < -0.39 is 15.4 Å². The van der Waals surface area contributed by atoms with Gasteiger partial charge in [0, 0.05) is 13.1 Å². The molecule has 0 aliphatic rings. The first kappa shape index (κ1) is 16.0. The molecule has 0 radical (unpaired) electrons. The van der Waals surface area contributed by atoms with Gasteiger partial charge in [-0.25, -0.2) is 8.42 Å². The van der Waals surface area contributed by atoms with E-state index in [9.17, 15) is 13.5 Å². The molecule has 0 saturated heterocycles. The first-order chi connectivity index (χ1) is 8.71. The van der Waals surface area contributed by atoms with E-state index >= 15 is 0 Å². The molecule has 5 heteroatoms. The van der Waals surface area contributed by atoms with Crippen molar-refractivity contribution >= 4 is 15.5 Å². The van der Waals surface area contributed by atoms with E-state index in [0.717, 1.165) is 0 Å². The number of nitrogens with zero attached hydrogens (tertiary/aromatic N) is 1. The van der Waals surface area contributed by atoms with Crippen LogP contribution >= 0.6 is 0 Å². The van der Waals surface area contributed by atoms with Crippen molar-refractivity contribution in [3.8, 4) is 0 Å². The van der Waals surface area contributed by atoms with Gasteiger partial charge < -0.3 is 10.0 Å². The second kappa shape index (κ2) is 5.92. The molecular weight excluding hydrogens is 262 g/mol. The zero-order valence-corrected chi connectivity index (χ0v) is 12.9. The first-order valence-corrected chi connectivity index (χ1v) is 8.15. The highest BCUT2D eigenvalue weighted by Crippen LogP contribution is 2.27. The SMILES string of the molecule is CCN(CC(C)(C)O)c1ccccc1S(=O)(=O)CC. The minimum atomic E-state index is -3.26. The van der Waals surface area contributed by atoms with E-state index in [2.05, 4.69) is 0 Å². The Morgan fingerprint density at radius 3 is 2.26 bits per heavy atom. The van der Waals surface area contributed by atoms with Gasteiger partial charge in [-0.05, 0) is 32.9 Å². The third-order valence-electron chi connectivity index (χ3n) is 2.88. The van der Waals surface area contributed by atoms with Gasteiger partial charge in [-0.1, -0.05) is 19.1 Å². The Hall–Kier alpha value is -1.07. The number of hydrogen-bond donors (Lipinski definition) is 1. The second-order valence-electron chi connectivity index (χ2n) is 5.20. The molecule has 1 rings (SSSR count). The highest BCUT2D eigenvalue weighted by Gasteiger charge is 2.23. The molecule has 0 spiro atoms. The Bertz CT molecular complexity index is 518. The van der Waals surface area contributed by atoms with Crippen molar-refractivity contribution in [2.75, 3.05) is 23.7 Å². The van der Waals surface area contributed by atoms with E-state index in [-0.39, 0.29) is 5.75 Å². The summed E-state index contributed by atoms with van der Waals surface area (Å²) in [6.07, 6.45) is 0. The van der Waals surface area contributed by atoms with Crippen LogP contribution in [0.4, 0.5) is 5.69 Å². The summed E-state index contributed by atoms with van der Waals surface area (Å²) < 4.78 is 24.2. The topological polar surface area (TPSA) is 57.6 Å². The van der Waals surface area contributed by atoms with Crippen LogP contribution < -0.4 is 4.90 Å². The number of anilines is 1. The number of aliphatic hydroxyl groups is 1. The van der Waals surface area contributed by atoms with Crippen LogP contribution in [-0.2, 0) is 9.84 Å². The Kier molecular flexibility index (Phi) is 4.98. The van der Waals surface area contributed by atoms with Crippen LogP contribution in [0.15, 0.2) is 29.2 Å². The predicted octanol–water partition coefficient (Wildman–Crippen LogP) is 2.08. The molecule has 0 aliphatic heterocycles. The fourth-order valence-electron chi connectivity index (χ4n) is 1.97. The van der Waals surface area contributed by atoms with Crippen LogP contribution in [0.5, 0.6) is 0 Å². The molecule has 1 aromatic rings. The molecule has 0 bridgehead atoms. The summed E-state index contributed by atoms with van der Waals surface area (Å²) in [7, 11) is -3.26. The van der Waals surface area contributed by atoms with Crippen LogP contribution in [0.3, 0.4) is 0 Å². The van der Waals surface area contributed by atoms with Crippen molar-refractivity contribution in [2.24, 2.45) is 0 Å². The molecule has 0 fully saturated rings. The van der Waals surface area contributed by atoms with Crippen LogP contribution in [0.25, 0.3) is 0 Å². The molecule has 19 heavy (non-hydrogen) atoms. The van der Waals surface area contributed by atoms with Crippen LogP contribution in [0, 0.1) is 0 Å². The van der Waals surface area contributed by atoms with E-state index in [1.54, 1.807) is 39.0 Å². The van der Waals surface area contributed by atoms with Crippen LogP contribution in [0.1, 0.15) is 27.7 Å². The number of para-hydroxylation sites is 1. The Morgan fingerprint density at radius 2 is 1.79 bits per heavy atom. The van der Waals surface area contributed by atoms with E-state index in [4.69, 9.17) is 0 Å². The molecule has 0 unspecified atom stereocenters. The highest BCUT2D eigenvalue weighted by molar-refractivity contribution is 7.91. The summed E-state index contributed by atoms with van der Waals surface area (Å²) in [5, 5.41) is 9.94. The number of likely N-dealkylation sites (N-methyl/N-ethyl adjacent to an activating group) is 1. The van der Waals surface area contributed by atoms with Gasteiger partial charge in [-0.2, -0.15) is 0 Å². The Labute approximate surface area is 116 Å². The van der Waals surface area contributed by atoms with Crippen molar-refractivity contribution in [3.63, 3.8) is 0 Å². The summed E-state index contributed by atoms with van der Waals surface area (Å²) >= 11 is 0. The molecule has 0 atom stereocenters. The molecular formula is C14H23NO3S. The summed E-state index contributed by atoms with van der Waals surface area (Å²) in [4.78, 5) is 2.23.